The van der Waals surface area contributed by atoms with Gasteiger partial charge in [0.1, 0.15) is 11.5 Å². The van der Waals surface area contributed by atoms with E-state index in [4.69, 9.17) is 0 Å². The average molecular weight is 343 g/mol. The zero-order valence-electron chi connectivity index (χ0n) is 13.6. The van der Waals surface area contributed by atoms with Crippen molar-refractivity contribution in [2.24, 2.45) is 0 Å². The summed E-state index contributed by atoms with van der Waals surface area (Å²) >= 11 is 1.43. The van der Waals surface area contributed by atoms with E-state index in [9.17, 15) is 4.79 Å². The molecule has 2 aromatic rings. The number of hydrogen-bond donors (Lipinski definition) is 2. The van der Waals surface area contributed by atoms with E-state index in [1.54, 1.807) is 6.20 Å². The van der Waals surface area contributed by atoms with E-state index in [-0.39, 0.29) is 5.91 Å². The molecule has 4 rings (SSSR count). The van der Waals surface area contributed by atoms with Crippen LogP contribution in [-0.2, 0) is 0 Å². The number of rotatable bonds is 4. The molecule has 2 bridgehead atoms. The van der Waals surface area contributed by atoms with E-state index >= 15 is 0 Å². The Bertz CT molecular complexity index is 707. The van der Waals surface area contributed by atoms with Gasteiger partial charge in [-0.2, -0.15) is 0 Å². The van der Waals surface area contributed by atoms with Crippen LogP contribution in [0.2, 0.25) is 0 Å². The van der Waals surface area contributed by atoms with Gasteiger partial charge in [-0.25, -0.2) is 9.97 Å². The zero-order chi connectivity index (χ0) is 16.5. The van der Waals surface area contributed by atoms with Crippen LogP contribution >= 0.6 is 11.3 Å². The van der Waals surface area contributed by atoms with E-state index in [0.29, 0.717) is 29.0 Å². The molecule has 2 fully saturated rings. The Hall–Kier alpha value is -1.99. The largest absolute Gasteiger partial charge is 0.337 e. The van der Waals surface area contributed by atoms with E-state index in [0.717, 1.165) is 18.7 Å². The molecule has 2 N–H and O–H groups in total. The quantitative estimate of drug-likeness (QED) is 0.893. The summed E-state index contributed by atoms with van der Waals surface area (Å²) in [6.07, 6.45) is 6.28. The monoisotopic (exact) mass is 343 g/mol. The molecule has 7 heteroatoms. The number of hydrogen-bond acceptors (Lipinski definition) is 6. The number of carbonyl (C=O) groups is 1. The van der Waals surface area contributed by atoms with Crippen molar-refractivity contribution < 1.29 is 4.79 Å². The number of carbonyl (C=O) groups excluding carboxylic acids is 1. The molecule has 2 atom stereocenters. The highest BCUT2D eigenvalue weighted by Crippen LogP contribution is 2.30. The predicted molar refractivity (Wildman–Crippen MR) is 94.7 cm³/mol. The Balaban J connectivity index is 1.43. The van der Waals surface area contributed by atoms with Crippen molar-refractivity contribution in [3.05, 3.63) is 35.5 Å². The van der Waals surface area contributed by atoms with Crippen molar-refractivity contribution in [3.63, 3.8) is 0 Å². The molecule has 2 unspecified atom stereocenters. The van der Waals surface area contributed by atoms with Gasteiger partial charge >= 0.3 is 0 Å². The molecule has 0 spiro atoms. The Labute approximate surface area is 145 Å². The molecule has 126 valence electrons. The number of anilines is 2. The molecular formula is C17H21N5OS. The molecule has 2 aromatic heterocycles. The zero-order valence-corrected chi connectivity index (χ0v) is 14.4. The van der Waals surface area contributed by atoms with Crippen LogP contribution < -0.4 is 10.6 Å². The van der Waals surface area contributed by atoms with Crippen LogP contribution in [-0.4, -0.2) is 45.9 Å². The van der Waals surface area contributed by atoms with Gasteiger partial charge in [0.15, 0.2) is 5.13 Å². The van der Waals surface area contributed by atoms with Gasteiger partial charge in [-0.3, -0.25) is 4.79 Å². The van der Waals surface area contributed by atoms with Crippen molar-refractivity contribution in [2.45, 2.75) is 43.8 Å². The predicted octanol–water partition coefficient (Wildman–Crippen LogP) is 2.64. The minimum Gasteiger partial charge on any atom is -0.337 e. The summed E-state index contributed by atoms with van der Waals surface area (Å²) in [4.78, 5) is 23.3. The van der Waals surface area contributed by atoms with Gasteiger partial charge in [-0.15, -0.1) is 11.3 Å². The summed E-state index contributed by atoms with van der Waals surface area (Å²) in [7, 11) is 1.91. The number of amides is 1. The van der Waals surface area contributed by atoms with Crippen molar-refractivity contribution in [1.82, 2.24) is 20.2 Å². The molecule has 0 saturated carbocycles. The molecule has 4 heterocycles. The van der Waals surface area contributed by atoms with Gasteiger partial charge in [-0.05, 0) is 37.8 Å². The van der Waals surface area contributed by atoms with Gasteiger partial charge < -0.3 is 15.5 Å². The normalized spacial score (nSPS) is 25.5. The average Bonchev–Trinajstić information content (AvgIpc) is 3.20. The van der Waals surface area contributed by atoms with Crippen molar-refractivity contribution in [2.75, 3.05) is 12.4 Å². The van der Waals surface area contributed by atoms with Gasteiger partial charge in [0.25, 0.3) is 5.91 Å². The fourth-order valence-corrected chi connectivity index (χ4v) is 4.36. The van der Waals surface area contributed by atoms with Gasteiger partial charge in [0, 0.05) is 36.8 Å². The number of pyridine rings is 1. The van der Waals surface area contributed by atoms with Gasteiger partial charge in [0.05, 0.1) is 0 Å². The molecular weight excluding hydrogens is 322 g/mol. The molecule has 6 nitrogen and oxygen atoms in total. The first-order valence-corrected chi connectivity index (χ1v) is 9.24. The lowest BCUT2D eigenvalue weighted by molar-refractivity contribution is 0.0676. The van der Waals surface area contributed by atoms with Crippen LogP contribution in [0.5, 0.6) is 0 Å². The first kappa shape index (κ1) is 15.5. The van der Waals surface area contributed by atoms with Crippen LogP contribution in [0.4, 0.5) is 10.9 Å². The number of fused-ring (bicyclic) bond motifs is 2. The summed E-state index contributed by atoms with van der Waals surface area (Å²) in [6.45, 7) is 0. The molecule has 0 aromatic carbocycles. The van der Waals surface area contributed by atoms with Crippen LogP contribution in [0, 0.1) is 0 Å². The van der Waals surface area contributed by atoms with E-state index < -0.39 is 0 Å². The number of piperidine rings is 1. The van der Waals surface area contributed by atoms with Crippen LogP contribution in [0.3, 0.4) is 0 Å². The third-order valence-electron chi connectivity index (χ3n) is 4.94. The second-order valence-corrected chi connectivity index (χ2v) is 7.42. The maximum absolute atomic E-state index is 12.7. The first-order chi connectivity index (χ1) is 11.7. The van der Waals surface area contributed by atoms with Crippen molar-refractivity contribution in [1.29, 1.82) is 0 Å². The van der Waals surface area contributed by atoms with Crippen molar-refractivity contribution in [3.8, 4) is 0 Å². The van der Waals surface area contributed by atoms with Crippen LogP contribution in [0.25, 0.3) is 0 Å². The Morgan fingerprint density at radius 2 is 2.12 bits per heavy atom. The minimum atomic E-state index is 0.00613. The fraction of sp³-hybridized carbons (Fsp3) is 0.471. The van der Waals surface area contributed by atoms with E-state index in [1.807, 2.05) is 35.5 Å². The summed E-state index contributed by atoms with van der Waals surface area (Å²) in [5, 5.41) is 9.26. The SMILES string of the molecule is CN(C(=O)c1csc(Nc2ccccn2)n1)C1CC2CCC(C1)N2. The summed E-state index contributed by atoms with van der Waals surface area (Å²) in [5.74, 6) is 0.737. The molecule has 2 aliphatic heterocycles. The third-order valence-corrected chi connectivity index (χ3v) is 5.70. The lowest BCUT2D eigenvalue weighted by atomic mass is 9.98. The van der Waals surface area contributed by atoms with Crippen LogP contribution in [0.15, 0.2) is 29.8 Å². The maximum Gasteiger partial charge on any atom is 0.273 e. The summed E-state index contributed by atoms with van der Waals surface area (Å²) < 4.78 is 0. The second-order valence-electron chi connectivity index (χ2n) is 6.56. The standard InChI is InChI=1S/C17H21N5OS/c1-22(13-8-11-5-6-12(9-13)19-11)16(23)14-10-24-17(20-14)21-15-4-2-3-7-18-15/h2-4,7,10-13,19H,5-6,8-9H2,1H3,(H,18,20,21). The third kappa shape index (κ3) is 3.14. The molecule has 0 radical (unpaired) electrons. The van der Waals surface area contributed by atoms with E-state index in [1.165, 1.54) is 24.2 Å². The molecule has 2 saturated heterocycles. The Morgan fingerprint density at radius 3 is 2.83 bits per heavy atom. The number of aromatic nitrogens is 2. The molecule has 24 heavy (non-hydrogen) atoms. The second kappa shape index (κ2) is 6.49. The maximum atomic E-state index is 12.7. The highest BCUT2D eigenvalue weighted by molar-refractivity contribution is 7.14. The number of nitrogens with zero attached hydrogens (tertiary/aromatic N) is 3. The lowest BCUT2D eigenvalue weighted by Crippen LogP contribution is -2.48. The number of nitrogens with one attached hydrogen (secondary N) is 2. The fourth-order valence-electron chi connectivity index (χ4n) is 3.67. The molecule has 1 amide bonds. The lowest BCUT2D eigenvalue weighted by Gasteiger charge is -2.35. The van der Waals surface area contributed by atoms with Crippen molar-refractivity contribution >= 4 is 28.2 Å². The smallest absolute Gasteiger partial charge is 0.273 e. The van der Waals surface area contributed by atoms with Crippen LogP contribution in [0.1, 0.15) is 36.2 Å². The summed E-state index contributed by atoms with van der Waals surface area (Å²) in [6, 6.07) is 7.10. The minimum absolute atomic E-state index is 0.00613. The van der Waals surface area contributed by atoms with Gasteiger partial charge in [0.2, 0.25) is 0 Å². The first-order valence-electron chi connectivity index (χ1n) is 8.36. The highest BCUT2D eigenvalue weighted by Gasteiger charge is 2.36. The highest BCUT2D eigenvalue weighted by atomic mass is 32.1. The topological polar surface area (TPSA) is 70.2 Å². The number of thiazole rings is 1. The Kier molecular flexibility index (Phi) is 4.20. The summed E-state index contributed by atoms with van der Waals surface area (Å²) in [5.41, 5.74) is 0.506. The Morgan fingerprint density at radius 1 is 1.33 bits per heavy atom. The van der Waals surface area contributed by atoms with Gasteiger partial charge in [-0.1, -0.05) is 6.07 Å². The molecule has 2 aliphatic rings. The van der Waals surface area contributed by atoms with E-state index in [2.05, 4.69) is 20.6 Å². The molecule has 0 aliphatic carbocycles.